The van der Waals surface area contributed by atoms with Crippen LogP contribution in [-0.4, -0.2) is 11.1 Å². The van der Waals surface area contributed by atoms with Crippen LogP contribution in [0, 0.1) is 0 Å². The van der Waals surface area contributed by atoms with E-state index in [-0.39, 0.29) is 0 Å². The summed E-state index contributed by atoms with van der Waals surface area (Å²) in [6, 6.07) is 4.52. The minimum atomic E-state index is -4.38. The van der Waals surface area contributed by atoms with Crippen molar-refractivity contribution in [3.05, 3.63) is 41.5 Å². The molecule has 18 heavy (non-hydrogen) atoms. The predicted octanol–water partition coefficient (Wildman–Crippen LogP) is 3.97. The van der Waals surface area contributed by atoms with E-state index in [0.717, 1.165) is 24.6 Å². The molecular weight excluding hydrogens is 245 g/mol. The average molecular weight is 258 g/mol. The van der Waals surface area contributed by atoms with E-state index in [1.54, 1.807) is 0 Å². The van der Waals surface area contributed by atoms with E-state index in [0.29, 0.717) is 17.6 Å². The Labute approximate surface area is 103 Å². The summed E-state index contributed by atoms with van der Waals surface area (Å²) in [6.07, 6.45) is -2.11. The number of carboxylic acids is 1. The summed E-state index contributed by atoms with van der Waals surface area (Å²) in [6.45, 7) is 1.87. The highest BCUT2D eigenvalue weighted by molar-refractivity contribution is 5.90. The van der Waals surface area contributed by atoms with Gasteiger partial charge in [0.15, 0.2) is 0 Å². The molecule has 0 aliphatic carbocycles. The first-order chi connectivity index (χ1) is 8.34. The maximum Gasteiger partial charge on any atom is 0.416 e. The van der Waals surface area contributed by atoms with Crippen molar-refractivity contribution in [2.45, 2.75) is 25.9 Å². The summed E-state index contributed by atoms with van der Waals surface area (Å²) in [4.78, 5) is 10.6. The van der Waals surface area contributed by atoms with Crippen molar-refractivity contribution in [3.63, 3.8) is 0 Å². The topological polar surface area (TPSA) is 37.3 Å². The predicted molar refractivity (Wildman–Crippen MR) is 62.0 cm³/mol. The number of alkyl halides is 3. The second-order valence-corrected chi connectivity index (χ2v) is 3.83. The Morgan fingerprint density at radius 3 is 2.22 bits per heavy atom. The van der Waals surface area contributed by atoms with Crippen molar-refractivity contribution in [1.29, 1.82) is 0 Å². The Morgan fingerprint density at radius 1 is 1.28 bits per heavy atom. The van der Waals surface area contributed by atoms with E-state index in [2.05, 4.69) is 0 Å². The van der Waals surface area contributed by atoms with Gasteiger partial charge in [-0.05, 0) is 29.7 Å². The monoisotopic (exact) mass is 258 g/mol. The fourth-order valence-electron chi connectivity index (χ4n) is 1.59. The lowest BCUT2D eigenvalue weighted by Gasteiger charge is -2.09. The number of carboxylic acid groups (broad SMARTS) is 1. The second kappa shape index (κ2) is 5.71. The molecule has 0 aliphatic rings. The SMILES string of the molecule is CCC/C(=C\C(=O)O)c1ccc(C(F)(F)F)cc1. The van der Waals surface area contributed by atoms with Crippen LogP contribution in [0.5, 0.6) is 0 Å². The van der Waals surface area contributed by atoms with Crippen LogP contribution >= 0.6 is 0 Å². The highest BCUT2D eigenvalue weighted by Crippen LogP contribution is 2.30. The van der Waals surface area contributed by atoms with Gasteiger partial charge in [-0.2, -0.15) is 13.2 Å². The highest BCUT2D eigenvalue weighted by atomic mass is 19.4. The smallest absolute Gasteiger partial charge is 0.416 e. The van der Waals surface area contributed by atoms with E-state index in [9.17, 15) is 18.0 Å². The second-order valence-electron chi connectivity index (χ2n) is 3.83. The Hall–Kier alpha value is -1.78. The maximum atomic E-state index is 12.4. The molecule has 0 fully saturated rings. The molecule has 0 heterocycles. The number of hydrogen-bond donors (Lipinski definition) is 1. The minimum absolute atomic E-state index is 0.507. The molecule has 0 amide bonds. The third kappa shape index (κ3) is 3.91. The lowest BCUT2D eigenvalue weighted by Crippen LogP contribution is -2.04. The van der Waals surface area contributed by atoms with Gasteiger partial charge in [0.25, 0.3) is 0 Å². The van der Waals surface area contributed by atoms with Crippen molar-refractivity contribution in [2.24, 2.45) is 0 Å². The zero-order chi connectivity index (χ0) is 13.8. The van der Waals surface area contributed by atoms with Gasteiger partial charge in [0.05, 0.1) is 5.56 Å². The summed E-state index contributed by atoms with van der Waals surface area (Å²) < 4.78 is 37.1. The van der Waals surface area contributed by atoms with E-state index < -0.39 is 17.7 Å². The van der Waals surface area contributed by atoms with E-state index in [1.807, 2.05) is 6.92 Å². The molecule has 0 aliphatic heterocycles. The van der Waals surface area contributed by atoms with Gasteiger partial charge in [-0.3, -0.25) is 0 Å². The van der Waals surface area contributed by atoms with Gasteiger partial charge in [0.1, 0.15) is 0 Å². The van der Waals surface area contributed by atoms with Crippen molar-refractivity contribution in [3.8, 4) is 0 Å². The number of carbonyl (C=O) groups is 1. The number of aliphatic carboxylic acids is 1. The molecule has 1 aromatic rings. The maximum absolute atomic E-state index is 12.4. The van der Waals surface area contributed by atoms with Crippen LogP contribution in [0.1, 0.15) is 30.9 Å². The molecule has 1 aromatic carbocycles. The van der Waals surface area contributed by atoms with Gasteiger partial charge in [0, 0.05) is 6.08 Å². The van der Waals surface area contributed by atoms with Gasteiger partial charge >= 0.3 is 12.1 Å². The molecular formula is C13H13F3O2. The fourth-order valence-corrected chi connectivity index (χ4v) is 1.59. The number of rotatable bonds is 4. The molecule has 0 radical (unpaired) electrons. The van der Waals surface area contributed by atoms with Gasteiger partial charge < -0.3 is 5.11 Å². The van der Waals surface area contributed by atoms with Crippen LogP contribution < -0.4 is 0 Å². The molecule has 2 nitrogen and oxygen atoms in total. The minimum Gasteiger partial charge on any atom is -0.478 e. The van der Waals surface area contributed by atoms with Crippen LogP contribution in [0.25, 0.3) is 5.57 Å². The summed E-state index contributed by atoms with van der Waals surface area (Å²) in [5.41, 5.74) is 0.295. The Morgan fingerprint density at radius 2 is 1.83 bits per heavy atom. The third-order valence-corrected chi connectivity index (χ3v) is 2.40. The lowest BCUT2D eigenvalue weighted by atomic mass is 9.99. The van der Waals surface area contributed by atoms with Crippen LogP contribution in [-0.2, 0) is 11.0 Å². The molecule has 0 atom stereocenters. The number of halogens is 3. The Balaban J connectivity index is 3.05. The quantitative estimate of drug-likeness (QED) is 0.829. The molecule has 0 aromatic heterocycles. The zero-order valence-electron chi connectivity index (χ0n) is 9.79. The lowest BCUT2D eigenvalue weighted by molar-refractivity contribution is -0.137. The molecule has 0 bridgehead atoms. The molecule has 0 saturated carbocycles. The van der Waals surface area contributed by atoms with Gasteiger partial charge in [-0.15, -0.1) is 0 Å². The first-order valence-corrected chi connectivity index (χ1v) is 5.45. The average Bonchev–Trinajstić information content (AvgIpc) is 2.27. The Kier molecular flexibility index (Phi) is 4.53. The molecule has 5 heteroatoms. The van der Waals surface area contributed by atoms with Gasteiger partial charge in [0.2, 0.25) is 0 Å². The first-order valence-electron chi connectivity index (χ1n) is 5.45. The molecule has 1 rings (SSSR count). The number of allylic oxidation sites excluding steroid dienone is 1. The third-order valence-electron chi connectivity index (χ3n) is 2.40. The summed E-state index contributed by atoms with van der Waals surface area (Å²) in [7, 11) is 0. The van der Waals surface area contributed by atoms with Crippen molar-refractivity contribution in [1.82, 2.24) is 0 Å². The van der Waals surface area contributed by atoms with Crippen molar-refractivity contribution in [2.75, 3.05) is 0 Å². The van der Waals surface area contributed by atoms with E-state index >= 15 is 0 Å². The number of benzene rings is 1. The molecule has 0 unspecified atom stereocenters. The summed E-state index contributed by atoms with van der Waals surface area (Å²) in [5.74, 6) is -1.10. The van der Waals surface area contributed by atoms with Crippen LogP contribution in [0.2, 0.25) is 0 Å². The largest absolute Gasteiger partial charge is 0.478 e. The molecule has 98 valence electrons. The van der Waals surface area contributed by atoms with Crippen molar-refractivity contribution >= 4 is 11.5 Å². The van der Waals surface area contributed by atoms with E-state index in [4.69, 9.17) is 5.11 Å². The standard InChI is InChI=1S/C13H13F3O2/c1-2-3-10(8-12(17)18)9-4-6-11(7-5-9)13(14,15)16/h4-8H,2-3H2,1H3,(H,17,18)/b10-8+. The molecule has 0 saturated heterocycles. The summed E-state index contributed by atoms with van der Waals surface area (Å²) in [5, 5.41) is 8.70. The van der Waals surface area contributed by atoms with Crippen molar-refractivity contribution < 1.29 is 23.1 Å². The first kappa shape index (κ1) is 14.3. The van der Waals surface area contributed by atoms with Crippen LogP contribution in [0.3, 0.4) is 0 Å². The highest BCUT2D eigenvalue weighted by Gasteiger charge is 2.29. The van der Waals surface area contributed by atoms with Crippen LogP contribution in [0.15, 0.2) is 30.3 Å². The fraction of sp³-hybridized carbons (Fsp3) is 0.308. The molecule has 0 spiro atoms. The normalized spacial score (nSPS) is 12.6. The summed E-state index contributed by atoms with van der Waals surface area (Å²) >= 11 is 0. The van der Waals surface area contributed by atoms with Gasteiger partial charge in [-0.25, -0.2) is 4.79 Å². The van der Waals surface area contributed by atoms with Crippen LogP contribution in [0.4, 0.5) is 13.2 Å². The zero-order valence-corrected chi connectivity index (χ0v) is 9.79. The van der Waals surface area contributed by atoms with E-state index in [1.165, 1.54) is 12.1 Å². The number of hydrogen-bond acceptors (Lipinski definition) is 1. The van der Waals surface area contributed by atoms with Gasteiger partial charge in [-0.1, -0.05) is 25.5 Å². The molecule has 1 N–H and O–H groups in total. The Bertz CT molecular complexity index is 444.